The van der Waals surface area contributed by atoms with E-state index in [1.54, 1.807) is 18.3 Å². The highest BCUT2D eigenvalue weighted by Crippen LogP contribution is 2.27. The minimum atomic E-state index is -2.81. The number of carboxylic acid groups (broad SMARTS) is 1. The number of carbonyl (C=O) groups is 1. The molecule has 0 spiro atoms. The van der Waals surface area contributed by atoms with Crippen molar-refractivity contribution in [3.63, 3.8) is 0 Å². The summed E-state index contributed by atoms with van der Waals surface area (Å²) in [6.45, 7) is -1.63. The van der Waals surface area contributed by atoms with E-state index in [4.69, 9.17) is 14.6 Å². The number of rotatable bonds is 4. The monoisotopic (exact) mass is 326 g/mol. The number of alkyl halides is 2. The van der Waals surface area contributed by atoms with E-state index in [0.717, 1.165) is 24.4 Å². The Kier molecular flexibility index (Phi) is 6.04. The summed E-state index contributed by atoms with van der Waals surface area (Å²) in [5, 5.41) is 6.89. The highest BCUT2D eigenvalue weighted by Gasteiger charge is 2.20. The third-order valence-electron chi connectivity index (χ3n) is 3.31. The molecule has 0 saturated carbocycles. The lowest BCUT2D eigenvalue weighted by Gasteiger charge is -2.14. The van der Waals surface area contributed by atoms with Crippen LogP contribution in [0.5, 0.6) is 5.75 Å². The molecule has 1 fully saturated rings. The molecule has 124 valence electrons. The van der Waals surface area contributed by atoms with Gasteiger partial charge in [0.2, 0.25) is 0 Å². The fourth-order valence-electron chi connectivity index (χ4n) is 2.36. The summed E-state index contributed by atoms with van der Waals surface area (Å²) < 4.78 is 36.0. The Morgan fingerprint density at radius 1 is 1.39 bits per heavy atom. The molecule has 23 heavy (non-hydrogen) atoms. The van der Waals surface area contributed by atoms with Crippen molar-refractivity contribution < 1.29 is 28.2 Å². The standard InChI is InChI=1S/C14H14F2N2O2.CH2O2/c15-14(16)20-12-3-1-10(2-4-12)13-17-6-7-18(13)11-5-8-19-9-11;2-1-3/h1-4,6-7,11,14H,5,8-9H2;1H,(H,2,3). The number of hydrogen-bond donors (Lipinski definition) is 1. The third-order valence-corrected chi connectivity index (χ3v) is 3.31. The van der Waals surface area contributed by atoms with Gasteiger partial charge in [-0.05, 0) is 30.7 Å². The molecule has 2 heterocycles. The predicted molar refractivity (Wildman–Crippen MR) is 77.5 cm³/mol. The van der Waals surface area contributed by atoms with Crippen LogP contribution in [0.2, 0.25) is 0 Å². The lowest BCUT2D eigenvalue weighted by atomic mass is 10.2. The predicted octanol–water partition coefficient (Wildman–Crippen LogP) is 2.81. The van der Waals surface area contributed by atoms with Gasteiger partial charge >= 0.3 is 6.61 Å². The minimum Gasteiger partial charge on any atom is -0.483 e. The lowest BCUT2D eigenvalue weighted by Crippen LogP contribution is -2.09. The quantitative estimate of drug-likeness (QED) is 0.875. The Balaban J connectivity index is 0.000000595. The van der Waals surface area contributed by atoms with Crippen LogP contribution in [0.1, 0.15) is 12.5 Å². The first-order chi connectivity index (χ1) is 11.2. The van der Waals surface area contributed by atoms with Crippen LogP contribution < -0.4 is 4.74 Å². The van der Waals surface area contributed by atoms with Crippen LogP contribution in [-0.2, 0) is 9.53 Å². The zero-order chi connectivity index (χ0) is 16.7. The maximum atomic E-state index is 12.1. The molecule has 0 bridgehead atoms. The second-order valence-corrected chi connectivity index (χ2v) is 4.68. The molecule has 1 aromatic carbocycles. The van der Waals surface area contributed by atoms with Crippen LogP contribution in [0.3, 0.4) is 0 Å². The average molecular weight is 326 g/mol. The van der Waals surface area contributed by atoms with Gasteiger partial charge < -0.3 is 19.1 Å². The molecule has 1 N–H and O–H groups in total. The van der Waals surface area contributed by atoms with Crippen molar-refractivity contribution in [1.82, 2.24) is 9.55 Å². The normalized spacial score (nSPS) is 16.7. The van der Waals surface area contributed by atoms with Crippen LogP contribution in [0.4, 0.5) is 8.78 Å². The first-order valence-corrected chi connectivity index (χ1v) is 6.89. The van der Waals surface area contributed by atoms with Gasteiger partial charge in [0.15, 0.2) is 0 Å². The lowest BCUT2D eigenvalue weighted by molar-refractivity contribution is -0.122. The van der Waals surface area contributed by atoms with E-state index in [1.165, 1.54) is 12.1 Å². The van der Waals surface area contributed by atoms with Crippen LogP contribution >= 0.6 is 0 Å². The molecule has 0 radical (unpaired) electrons. The summed E-state index contributed by atoms with van der Waals surface area (Å²) in [7, 11) is 0. The maximum Gasteiger partial charge on any atom is 0.387 e. The Morgan fingerprint density at radius 2 is 2.09 bits per heavy atom. The summed E-state index contributed by atoms with van der Waals surface area (Å²) in [6.07, 6.45) is 4.60. The number of hydrogen-bond acceptors (Lipinski definition) is 4. The molecular weight excluding hydrogens is 310 g/mol. The van der Waals surface area contributed by atoms with Gasteiger partial charge in [-0.15, -0.1) is 0 Å². The van der Waals surface area contributed by atoms with Gasteiger partial charge in [0.05, 0.1) is 12.6 Å². The second-order valence-electron chi connectivity index (χ2n) is 4.68. The molecule has 8 heteroatoms. The topological polar surface area (TPSA) is 73.6 Å². The Bertz CT molecular complexity index is 610. The fourth-order valence-corrected chi connectivity index (χ4v) is 2.36. The fraction of sp³-hybridized carbons (Fsp3) is 0.333. The van der Waals surface area contributed by atoms with Crippen LogP contribution in [0.15, 0.2) is 36.7 Å². The second kappa shape index (κ2) is 8.23. The van der Waals surface area contributed by atoms with Gasteiger partial charge in [-0.3, -0.25) is 4.79 Å². The van der Waals surface area contributed by atoms with Gasteiger partial charge in [-0.25, -0.2) is 4.98 Å². The maximum absolute atomic E-state index is 12.1. The van der Waals surface area contributed by atoms with E-state index >= 15 is 0 Å². The zero-order valence-electron chi connectivity index (χ0n) is 12.1. The average Bonchev–Trinajstić information content (AvgIpc) is 3.19. The van der Waals surface area contributed by atoms with Crippen molar-refractivity contribution in [3.05, 3.63) is 36.7 Å². The van der Waals surface area contributed by atoms with E-state index in [1.807, 2.05) is 6.20 Å². The van der Waals surface area contributed by atoms with Crippen LogP contribution in [0, 0.1) is 0 Å². The number of aromatic nitrogens is 2. The third kappa shape index (κ3) is 4.49. The number of benzene rings is 1. The van der Waals surface area contributed by atoms with Crippen LogP contribution in [-0.4, -0.2) is 41.0 Å². The number of halogens is 2. The highest BCUT2D eigenvalue weighted by atomic mass is 19.3. The van der Waals surface area contributed by atoms with Crippen molar-refractivity contribution in [2.75, 3.05) is 13.2 Å². The molecule has 6 nitrogen and oxygen atoms in total. The Labute approximate surface area is 131 Å². The van der Waals surface area contributed by atoms with Crippen molar-refractivity contribution in [1.29, 1.82) is 0 Å². The summed E-state index contributed by atoms with van der Waals surface area (Å²) in [6, 6.07) is 6.78. The molecule has 2 aromatic rings. The summed E-state index contributed by atoms with van der Waals surface area (Å²) in [5.41, 5.74) is 0.864. The SMILES string of the molecule is FC(F)Oc1ccc(-c2nccn2C2CCOC2)cc1.O=CO. The first kappa shape index (κ1) is 16.9. The van der Waals surface area contributed by atoms with Crippen molar-refractivity contribution in [3.8, 4) is 17.1 Å². The van der Waals surface area contributed by atoms with E-state index in [2.05, 4.69) is 14.3 Å². The molecular formula is C15H16F2N2O4. The molecule has 0 amide bonds. The molecule has 1 aromatic heterocycles. The number of imidazole rings is 1. The van der Waals surface area contributed by atoms with Gasteiger partial charge in [0, 0.05) is 24.6 Å². The molecule has 1 aliphatic heterocycles. The van der Waals surface area contributed by atoms with E-state index in [-0.39, 0.29) is 18.3 Å². The Morgan fingerprint density at radius 3 is 2.65 bits per heavy atom. The smallest absolute Gasteiger partial charge is 0.387 e. The first-order valence-electron chi connectivity index (χ1n) is 6.89. The minimum absolute atomic E-state index is 0.144. The van der Waals surface area contributed by atoms with Gasteiger partial charge in [-0.2, -0.15) is 8.78 Å². The summed E-state index contributed by atoms with van der Waals surface area (Å²) >= 11 is 0. The van der Waals surface area contributed by atoms with Crippen molar-refractivity contribution >= 4 is 6.47 Å². The van der Waals surface area contributed by atoms with Gasteiger partial charge in [-0.1, -0.05) is 0 Å². The number of ether oxygens (including phenoxy) is 2. The van der Waals surface area contributed by atoms with Crippen molar-refractivity contribution in [2.45, 2.75) is 19.1 Å². The highest BCUT2D eigenvalue weighted by molar-refractivity contribution is 5.57. The van der Waals surface area contributed by atoms with E-state index in [9.17, 15) is 8.78 Å². The Hall–Kier alpha value is -2.48. The van der Waals surface area contributed by atoms with E-state index in [0.29, 0.717) is 6.61 Å². The van der Waals surface area contributed by atoms with Crippen LogP contribution in [0.25, 0.3) is 11.4 Å². The molecule has 1 atom stereocenters. The summed E-state index contributed by atoms with van der Waals surface area (Å²) in [5.74, 6) is 0.954. The largest absolute Gasteiger partial charge is 0.483 e. The van der Waals surface area contributed by atoms with Gasteiger partial charge in [0.1, 0.15) is 11.6 Å². The molecule has 3 rings (SSSR count). The van der Waals surface area contributed by atoms with Gasteiger partial charge in [0.25, 0.3) is 6.47 Å². The van der Waals surface area contributed by atoms with Crippen molar-refractivity contribution in [2.24, 2.45) is 0 Å². The summed E-state index contributed by atoms with van der Waals surface area (Å²) in [4.78, 5) is 12.7. The molecule has 1 unspecified atom stereocenters. The number of nitrogens with zero attached hydrogens (tertiary/aromatic N) is 2. The van der Waals surface area contributed by atoms with E-state index < -0.39 is 6.61 Å². The molecule has 0 aliphatic carbocycles. The molecule has 1 aliphatic rings. The molecule has 1 saturated heterocycles. The zero-order valence-corrected chi connectivity index (χ0v) is 12.1.